The Labute approximate surface area is 170 Å². The van der Waals surface area contributed by atoms with Crippen LogP contribution in [0.1, 0.15) is 22.5 Å². The highest BCUT2D eigenvalue weighted by atomic mass is 35.5. The number of rotatable bonds is 6. The van der Waals surface area contributed by atoms with E-state index < -0.39 is 0 Å². The fraction of sp³-hybridized carbons (Fsp3) is 0.273. The van der Waals surface area contributed by atoms with E-state index in [2.05, 4.69) is 5.10 Å². The van der Waals surface area contributed by atoms with E-state index in [1.165, 1.54) is 0 Å². The molecule has 0 unspecified atom stereocenters. The van der Waals surface area contributed by atoms with E-state index in [0.717, 1.165) is 28.2 Å². The topological polar surface area (TPSA) is 47.4 Å². The third kappa shape index (κ3) is 4.37. The van der Waals surface area contributed by atoms with Crippen molar-refractivity contribution in [3.05, 3.63) is 76.1 Å². The smallest absolute Gasteiger partial charge is 0.260 e. The summed E-state index contributed by atoms with van der Waals surface area (Å²) < 4.78 is 7.54. The summed E-state index contributed by atoms with van der Waals surface area (Å²) >= 11 is 6.02. The quantitative estimate of drug-likeness (QED) is 0.615. The van der Waals surface area contributed by atoms with Gasteiger partial charge in [-0.15, -0.1) is 0 Å². The van der Waals surface area contributed by atoms with Gasteiger partial charge in [-0.2, -0.15) is 5.10 Å². The van der Waals surface area contributed by atoms with Gasteiger partial charge in [0.05, 0.1) is 11.4 Å². The van der Waals surface area contributed by atoms with Gasteiger partial charge in [-0.3, -0.25) is 4.79 Å². The number of aryl methyl sites for hydroxylation is 2. The monoisotopic (exact) mass is 397 g/mol. The number of hydrogen-bond donors (Lipinski definition) is 0. The van der Waals surface area contributed by atoms with E-state index in [0.29, 0.717) is 17.3 Å². The SMILES string of the molecule is Cc1cc(OCC(=O)N(C)Cc2c(C)nn(-c3ccccc3)c2C)ccc1Cl. The number of para-hydroxylation sites is 1. The summed E-state index contributed by atoms with van der Waals surface area (Å²) in [5, 5.41) is 5.32. The zero-order valence-corrected chi connectivity index (χ0v) is 17.3. The van der Waals surface area contributed by atoms with Gasteiger partial charge < -0.3 is 9.64 Å². The minimum absolute atomic E-state index is 0.0253. The second kappa shape index (κ2) is 8.48. The van der Waals surface area contributed by atoms with E-state index in [4.69, 9.17) is 16.3 Å². The first-order chi connectivity index (χ1) is 13.4. The second-order valence-electron chi connectivity index (χ2n) is 6.85. The van der Waals surface area contributed by atoms with Gasteiger partial charge in [0, 0.05) is 29.9 Å². The predicted octanol–water partition coefficient (Wildman–Crippen LogP) is 4.49. The summed E-state index contributed by atoms with van der Waals surface area (Å²) in [7, 11) is 1.78. The molecule has 0 N–H and O–H groups in total. The summed E-state index contributed by atoms with van der Waals surface area (Å²) in [6.07, 6.45) is 0. The molecule has 0 spiro atoms. The second-order valence-corrected chi connectivity index (χ2v) is 7.25. The Morgan fingerprint density at radius 1 is 1.14 bits per heavy atom. The largest absolute Gasteiger partial charge is 0.484 e. The normalized spacial score (nSPS) is 10.8. The Morgan fingerprint density at radius 3 is 2.54 bits per heavy atom. The molecule has 0 aliphatic heterocycles. The van der Waals surface area contributed by atoms with Crippen molar-refractivity contribution in [2.75, 3.05) is 13.7 Å². The molecule has 28 heavy (non-hydrogen) atoms. The van der Waals surface area contributed by atoms with Gasteiger partial charge in [0.25, 0.3) is 5.91 Å². The van der Waals surface area contributed by atoms with Crippen LogP contribution in [0.5, 0.6) is 5.75 Å². The van der Waals surface area contributed by atoms with Gasteiger partial charge in [0.2, 0.25) is 0 Å². The average Bonchev–Trinajstić information content (AvgIpc) is 2.97. The Morgan fingerprint density at radius 2 is 1.86 bits per heavy atom. The fourth-order valence-corrected chi connectivity index (χ4v) is 3.13. The minimum Gasteiger partial charge on any atom is -0.484 e. The lowest BCUT2D eigenvalue weighted by molar-refractivity contribution is -0.132. The van der Waals surface area contributed by atoms with Gasteiger partial charge in [-0.05, 0) is 56.7 Å². The maximum Gasteiger partial charge on any atom is 0.260 e. The summed E-state index contributed by atoms with van der Waals surface area (Å²) in [5.41, 5.74) is 4.90. The van der Waals surface area contributed by atoms with Crippen LogP contribution in [-0.4, -0.2) is 34.2 Å². The molecule has 146 valence electrons. The van der Waals surface area contributed by atoms with Crippen molar-refractivity contribution in [1.29, 1.82) is 0 Å². The van der Waals surface area contributed by atoms with Gasteiger partial charge in [-0.25, -0.2) is 4.68 Å². The molecule has 6 heteroatoms. The number of hydrogen-bond acceptors (Lipinski definition) is 3. The van der Waals surface area contributed by atoms with Crippen LogP contribution in [0, 0.1) is 20.8 Å². The van der Waals surface area contributed by atoms with Crippen molar-refractivity contribution in [2.24, 2.45) is 0 Å². The Bertz CT molecular complexity index is 983. The molecule has 0 bridgehead atoms. The van der Waals surface area contributed by atoms with Crippen LogP contribution in [0.2, 0.25) is 5.02 Å². The number of carbonyl (C=O) groups is 1. The molecule has 0 saturated heterocycles. The van der Waals surface area contributed by atoms with Crippen LogP contribution < -0.4 is 4.74 Å². The van der Waals surface area contributed by atoms with Gasteiger partial charge in [-0.1, -0.05) is 29.8 Å². The first-order valence-corrected chi connectivity index (χ1v) is 9.48. The van der Waals surface area contributed by atoms with Crippen molar-refractivity contribution < 1.29 is 9.53 Å². The molecule has 0 aliphatic carbocycles. The molecule has 1 aromatic heterocycles. The molecule has 0 aliphatic rings. The molecule has 3 aromatic rings. The lowest BCUT2D eigenvalue weighted by atomic mass is 10.2. The molecule has 0 radical (unpaired) electrons. The van der Waals surface area contributed by atoms with Crippen molar-refractivity contribution in [3.8, 4) is 11.4 Å². The highest BCUT2D eigenvalue weighted by molar-refractivity contribution is 6.31. The Balaban J connectivity index is 1.67. The average molecular weight is 398 g/mol. The molecule has 3 rings (SSSR count). The number of carbonyl (C=O) groups excluding carboxylic acids is 1. The molecule has 0 atom stereocenters. The summed E-state index contributed by atoms with van der Waals surface area (Å²) in [6.45, 7) is 6.34. The van der Waals surface area contributed by atoms with E-state index in [9.17, 15) is 4.79 Å². The molecular formula is C22H24ClN3O2. The fourth-order valence-electron chi connectivity index (χ4n) is 3.01. The third-order valence-electron chi connectivity index (χ3n) is 4.75. The highest BCUT2D eigenvalue weighted by Gasteiger charge is 2.17. The van der Waals surface area contributed by atoms with Gasteiger partial charge in [0.15, 0.2) is 6.61 Å². The number of nitrogens with zero attached hydrogens (tertiary/aromatic N) is 3. The van der Waals surface area contributed by atoms with E-state index in [-0.39, 0.29) is 12.5 Å². The lowest BCUT2D eigenvalue weighted by Gasteiger charge is -2.18. The molecular weight excluding hydrogens is 374 g/mol. The number of aromatic nitrogens is 2. The van der Waals surface area contributed by atoms with Crippen molar-refractivity contribution in [3.63, 3.8) is 0 Å². The Hall–Kier alpha value is -2.79. The predicted molar refractivity (Wildman–Crippen MR) is 111 cm³/mol. The number of amides is 1. The third-order valence-corrected chi connectivity index (χ3v) is 5.18. The number of benzene rings is 2. The molecule has 5 nitrogen and oxygen atoms in total. The summed E-state index contributed by atoms with van der Waals surface area (Å²) in [5.74, 6) is 0.534. The van der Waals surface area contributed by atoms with Gasteiger partial charge in [0.1, 0.15) is 5.75 Å². The maximum atomic E-state index is 12.5. The summed E-state index contributed by atoms with van der Waals surface area (Å²) in [4.78, 5) is 14.2. The van der Waals surface area contributed by atoms with E-state index >= 15 is 0 Å². The van der Waals surface area contributed by atoms with Crippen LogP contribution in [0.25, 0.3) is 5.69 Å². The van der Waals surface area contributed by atoms with Crippen LogP contribution in [0.4, 0.5) is 0 Å². The van der Waals surface area contributed by atoms with E-state index in [1.807, 2.05) is 61.9 Å². The maximum absolute atomic E-state index is 12.5. The molecule has 0 saturated carbocycles. The van der Waals surface area contributed by atoms with Crippen LogP contribution >= 0.6 is 11.6 Å². The van der Waals surface area contributed by atoms with Crippen molar-refractivity contribution in [1.82, 2.24) is 14.7 Å². The zero-order chi connectivity index (χ0) is 20.3. The molecule has 1 heterocycles. The van der Waals surface area contributed by atoms with Gasteiger partial charge >= 0.3 is 0 Å². The van der Waals surface area contributed by atoms with Crippen molar-refractivity contribution >= 4 is 17.5 Å². The highest BCUT2D eigenvalue weighted by Crippen LogP contribution is 2.22. The zero-order valence-electron chi connectivity index (χ0n) is 16.6. The van der Waals surface area contributed by atoms with Crippen LogP contribution in [-0.2, 0) is 11.3 Å². The standard InChI is InChI=1S/C22H24ClN3O2/c1-15-12-19(10-11-21(15)23)28-14-22(27)25(4)13-20-16(2)24-26(17(20)3)18-8-6-5-7-9-18/h5-12H,13-14H2,1-4H3. The number of halogens is 1. The number of likely N-dealkylation sites (N-methyl/N-ethyl adjacent to an activating group) is 1. The molecule has 2 aromatic carbocycles. The molecule has 1 amide bonds. The summed E-state index contributed by atoms with van der Waals surface area (Å²) in [6, 6.07) is 15.3. The lowest BCUT2D eigenvalue weighted by Crippen LogP contribution is -2.31. The minimum atomic E-state index is -0.0983. The van der Waals surface area contributed by atoms with Crippen LogP contribution in [0.15, 0.2) is 48.5 Å². The first kappa shape index (κ1) is 20.0. The van der Waals surface area contributed by atoms with Crippen molar-refractivity contribution in [2.45, 2.75) is 27.3 Å². The van der Waals surface area contributed by atoms with E-state index in [1.54, 1.807) is 24.1 Å². The first-order valence-electron chi connectivity index (χ1n) is 9.10. The number of ether oxygens (including phenoxy) is 1. The molecule has 0 fully saturated rings. The Kier molecular flexibility index (Phi) is 6.05. The van der Waals surface area contributed by atoms with Crippen LogP contribution in [0.3, 0.4) is 0 Å².